The Morgan fingerprint density at radius 3 is 2.47 bits per heavy atom. The van der Waals surface area contributed by atoms with Crippen LogP contribution in [0.1, 0.15) is 52.1 Å². The van der Waals surface area contributed by atoms with Gasteiger partial charge in [-0.05, 0) is 44.9 Å². The minimum absolute atomic E-state index is 0.0573. The minimum Gasteiger partial charge on any atom is -0.352 e. The summed E-state index contributed by atoms with van der Waals surface area (Å²) in [6, 6.07) is 4.08. The molecule has 4 nitrogen and oxygen atoms in total. The van der Waals surface area contributed by atoms with Crippen molar-refractivity contribution in [3.05, 3.63) is 30.1 Å². The number of nitrogens with zero attached hydrogens (tertiary/aromatic N) is 1. The molecule has 1 aromatic heterocycles. The summed E-state index contributed by atoms with van der Waals surface area (Å²) in [5.74, 6) is 0.0573. The lowest BCUT2D eigenvalue weighted by atomic mass is 10.1. The van der Waals surface area contributed by atoms with E-state index in [2.05, 4.69) is 29.5 Å². The van der Waals surface area contributed by atoms with Gasteiger partial charge in [0, 0.05) is 24.5 Å². The van der Waals surface area contributed by atoms with Crippen LogP contribution in [-0.4, -0.2) is 23.0 Å². The number of amides is 1. The van der Waals surface area contributed by atoms with Crippen LogP contribution in [0.15, 0.2) is 24.5 Å². The molecule has 0 aliphatic carbocycles. The van der Waals surface area contributed by atoms with E-state index in [1.165, 1.54) is 0 Å². The molecule has 0 spiro atoms. The molecule has 0 aliphatic heterocycles. The quantitative estimate of drug-likeness (QED) is 0.794. The van der Waals surface area contributed by atoms with E-state index < -0.39 is 0 Å². The molecule has 4 heteroatoms. The van der Waals surface area contributed by atoms with E-state index in [1.807, 2.05) is 26.0 Å². The van der Waals surface area contributed by atoms with Crippen molar-refractivity contribution >= 4 is 5.91 Å². The highest BCUT2D eigenvalue weighted by Crippen LogP contribution is 2.11. The van der Waals surface area contributed by atoms with Crippen molar-refractivity contribution in [2.24, 2.45) is 0 Å². The Hall–Kier alpha value is -1.42. The van der Waals surface area contributed by atoms with Crippen molar-refractivity contribution in [1.29, 1.82) is 0 Å². The molecular weight excluding hydrogens is 238 g/mol. The summed E-state index contributed by atoms with van der Waals surface area (Å²) in [4.78, 5) is 16.0. The topological polar surface area (TPSA) is 54.0 Å². The maximum Gasteiger partial charge on any atom is 0.237 e. The first-order chi connectivity index (χ1) is 9.04. The molecule has 0 saturated heterocycles. The summed E-state index contributed by atoms with van der Waals surface area (Å²) >= 11 is 0. The SMILES string of the molecule is CCCC(C)NC(=O)C(C)NC(C)c1ccncc1. The molecule has 0 aromatic carbocycles. The lowest BCUT2D eigenvalue weighted by molar-refractivity contribution is -0.123. The van der Waals surface area contributed by atoms with Gasteiger partial charge in [-0.25, -0.2) is 0 Å². The fourth-order valence-corrected chi connectivity index (χ4v) is 2.07. The molecule has 0 bridgehead atoms. The van der Waals surface area contributed by atoms with Crippen molar-refractivity contribution in [3.63, 3.8) is 0 Å². The number of rotatable bonds is 7. The van der Waals surface area contributed by atoms with Gasteiger partial charge in [-0.1, -0.05) is 13.3 Å². The van der Waals surface area contributed by atoms with Crippen LogP contribution in [0.3, 0.4) is 0 Å². The fourth-order valence-electron chi connectivity index (χ4n) is 2.07. The van der Waals surface area contributed by atoms with Crippen LogP contribution >= 0.6 is 0 Å². The van der Waals surface area contributed by atoms with Crippen LogP contribution in [0, 0.1) is 0 Å². The van der Waals surface area contributed by atoms with Crippen molar-refractivity contribution in [2.45, 2.75) is 58.7 Å². The Kier molecular flexibility index (Phi) is 6.50. The molecule has 1 rings (SSSR count). The van der Waals surface area contributed by atoms with E-state index in [9.17, 15) is 4.79 Å². The van der Waals surface area contributed by atoms with Gasteiger partial charge in [0.1, 0.15) is 0 Å². The minimum atomic E-state index is -0.206. The molecule has 3 unspecified atom stereocenters. The van der Waals surface area contributed by atoms with Gasteiger partial charge in [0.2, 0.25) is 5.91 Å². The van der Waals surface area contributed by atoms with Crippen molar-refractivity contribution < 1.29 is 4.79 Å². The van der Waals surface area contributed by atoms with E-state index in [0.29, 0.717) is 0 Å². The number of hydrogen-bond donors (Lipinski definition) is 2. The summed E-state index contributed by atoms with van der Waals surface area (Å²) in [5.41, 5.74) is 1.14. The molecule has 0 fully saturated rings. The number of aromatic nitrogens is 1. The van der Waals surface area contributed by atoms with Gasteiger partial charge in [0.15, 0.2) is 0 Å². The van der Waals surface area contributed by atoms with E-state index in [4.69, 9.17) is 0 Å². The van der Waals surface area contributed by atoms with Crippen LogP contribution in [0.4, 0.5) is 0 Å². The Bertz CT molecular complexity index is 380. The molecule has 3 atom stereocenters. The van der Waals surface area contributed by atoms with E-state index in [0.717, 1.165) is 18.4 Å². The normalized spacial score (nSPS) is 15.6. The summed E-state index contributed by atoms with van der Waals surface area (Å²) in [6.07, 6.45) is 5.62. The zero-order chi connectivity index (χ0) is 14.3. The number of pyridine rings is 1. The van der Waals surface area contributed by atoms with Crippen LogP contribution in [0.5, 0.6) is 0 Å². The van der Waals surface area contributed by atoms with E-state index in [-0.39, 0.29) is 24.0 Å². The predicted octanol–water partition coefficient (Wildman–Crippen LogP) is 2.43. The van der Waals surface area contributed by atoms with Crippen LogP contribution in [0.25, 0.3) is 0 Å². The zero-order valence-electron chi connectivity index (χ0n) is 12.3. The first kappa shape index (κ1) is 15.6. The van der Waals surface area contributed by atoms with Gasteiger partial charge >= 0.3 is 0 Å². The molecule has 1 aromatic rings. The summed E-state index contributed by atoms with van der Waals surface area (Å²) < 4.78 is 0. The molecule has 0 radical (unpaired) electrons. The number of carbonyl (C=O) groups is 1. The fraction of sp³-hybridized carbons (Fsp3) is 0.600. The van der Waals surface area contributed by atoms with Gasteiger partial charge in [-0.2, -0.15) is 0 Å². The standard InChI is InChI=1S/C15H25N3O/c1-5-6-11(2)17-15(19)13(4)18-12(3)14-7-9-16-10-8-14/h7-13,18H,5-6H2,1-4H3,(H,17,19). The lowest BCUT2D eigenvalue weighted by Crippen LogP contribution is -2.46. The smallest absolute Gasteiger partial charge is 0.237 e. The van der Waals surface area contributed by atoms with Crippen LogP contribution < -0.4 is 10.6 Å². The lowest BCUT2D eigenvalue weighted by Gasteiger charge is -2.22. The van der Waals surface area contributed by atoms with Crippen molar-refractivity contribution in [3.8, 4) is 0 Å². The Labute approximate surface area is 116 Å². The molecule has 0 aliphatic rings. The second kappa shape index (κ2) is 7.89. The average Bonchev–Trinajstić information content (AvgIpc) is 2.39. The third-order valence-corrected chi connectivity index (χ3v) is 3.21. The number of hydrogen-bond acceptors (Lipinski definition) is 3. The van der Waals surface area contributed by atoms with Crippen molar-refractivity contribution in [1.82, 2.24) is 15.6 Å². The highest BCUT2D eigenvalue weighted by molar-refractivity contribution is 5.81. The predicted molar refractivity (Wildman–Crippen MR) is 77.8 cm³/mol. The second-order valence-electron chi connectivity index (χ2n) is 5.09. The molecule has 0 saturated carbocycles. The highest BCUT2D eigenvalue weighted by Gasteiger charge is 2.17. The van der Waals surface area contributed by atoms with Gasteiger partial charge in [-0.3, -0.25) is 15.1 Å². The molecule has 19 heavy (non-hydrogen) atoms. The van der Waals surface area contributed by atoms with Gasteiger partial charge in [0.05, 0.1) is 6.04 Å². The van der Waals surface area contributed by atoms with E-state index >= 15 is 0 Å². The summed E-state index contributed by atoms with van der Waals surface area (Å²) in [7, 11) is 0. The average molecular weight is 263 g/mol. The van der Waals surface area contributed by atoms with E-state index in [1.54, 1.807) is 12.4 Å². The van der Waals surface area contributed by atoms with Gasteiger partial charge in [0.25, 0.3) is 0 Å². The number of carbonyl (C=O) groups excluding carboxylic acids is 1. The Morgan fingerprint density at radius 2 is 1.89 bits per heavy atom. The molecule has 2 N–H and O–H groups in total. The molecule has 1 heterocycles. The Balaban J connectivity index is 2.45. The van der Waals surface area contributed by atoms with Crippen LogP contribution in [0.2, 0.25) is 0 Å². The monoisotopic (exact) mass is 263 g/mol. The molecular formula is C15H25N3O. The van der Waals surface area contributed by atoms with Gasteiger partial charge in [-0.15, -0.1) is 0 Å². The third kappa shape index (κ3) is 5.39. The second-order valence-corrected chi connectivity index (χ2v) is 5.09. The van der Waals surface area contributed by atoms with Crippen molar-refractivity contribution in [2.75, 3.05) is 0 Å². The summed E-state index contributed by atoms with van der Waals surface area (Å²) in [6.45, 7) is 8.11. The highest BCUT2D eigenvalue weighted by atomic mass is 16.2. The number of nitrogens with one attached hydrogen (secondary N) is 2. The first-order valence-electron chi connectivity index (χ1n) is 7.01. The summed E-state index contributed by atoms with van der Waals surface area (Å²) in [5, 5.41) is 6.33. The van der Waals surface area contributed by atoms with Crippen LogP contribution in [-0.2, 0) is 4.79 Å². The molecule has 1 amide bonds. The van der Waals surface area contributed by atoms with Gasteiger partial charge < -0.3 is 5.32 Å². The zero-order valence-corrected chi connectivity index (χ0v) is 12.3. The maximum absolute atomic E-state index is 12.0. The maximum atomic E-state index is 12.0. The largest absolute Gasteiger partial charge is 0.352 e. The third-order valence-electron chi connectivity index (χ3n) is 3.21. The first-order valence-corrected chi connectivity index (χ1v) is 7.01. The Morgan fingerprint density at radius 1 is 1.26 bits per heavy atom. The molecule has 106 valence electrons.